The van der Waals surface area contributed by atoms with Crippen molar-refractivity contribution in [3.8, 4) is 0 Å². The van der Waals surface area contributed by atoms with Crippen LogP contribution in [0.15, 0.2) is 24.3 Å². The van der Waals surface area contributed by atoms with E-state index in [0.29, 0.717) is 17.8 Å². The molecule has 1 fully saturated rings. The molecule has 2 unspecified atom stereocenters. The normalized spacial score (nSPS) is 22.4. The summed E-state index contributed by atoms with van der Waals surface area (Å²) in [6.45, 7) is 2.07. The molecule has 1 aliphatic rings. The fourth-order valence-corrected chi connectivity index (χ4v) is 2.34. The summed E-state index contributed by atoms with van der Waals surface area (Å²) < 4.78 is 5.60. The maximum Gasteiger partial charge on any atom is 0.256 e. The van der Waals surface area contributed by atoms with Crippen molar-refractivity contribution in [3.63, 3.8) is 0 Å². The van der Waals surface area contributed by atoms with Gasteiger partial charge in [-0.15, -0.1) is 0 Å². The first-order valence-electron chi connectivity index (χ1n) is 6.55. The molecule has 0 aromatic heterocycles. The molecular weight excluding hydrogens is 244 g/mol. The number of rotatable bonds is 4. The molecule has 5 heteroatoms. The van der Waals surface area contributed by atoms with Crippen LogP contribution in [-0.2, 0) is 9.53 Å². The highest BCUT2D eigenvalue weighted by Gasteiger charge is 2.32. The highest BCUT2D eigenvalue weighted by atomic mass is 16.5. The number of para-hydroxylation sites is 2. The predicted octanol–water partition coefficient (Wildman–Crippen LogP) is 1.16. The number of nitrogen functional groups attached to an aromatic ring is 1. The van der Waals surface area contributed by atoms with E-state index in [1.165, 1.54) is 4.90 Å². The van der Waals surface area contributed by atoms with Crippen LogP contribution in [0.3, 0.4) is 0 Å². The number of amides is 1. The Morgan fingerprint density at radius 2 is 2.21 bits per heavy atom. The molecule has 104 valence electrons. The van der Waals surface area contributed by atoms with E-state index in [4.69, 9.17) is 15.6 Å². The number of nitrogens with zero attached hydrogens (tertiary/aromatic N) is 1. The number of nitrogens with two attached hydrogens (primary N) is 1. The van der Waals surface area contributed by atoms with Gasteiger partial charge in [-0.25, -0.2) is 0 Å². The topological polar surface area (TPSA) is 75.8 Å². The van der Waals surface area contributed by atoms with Crippen molar-refractivity contribution >= 4 is 17.3 Å². The van der Waals surface area contributed by atoms with Gasteiger partial charge < -0.3 is 20.5 Å². The van der Waals surface area contributed by atoms with Gasteiger partial charge in [-0.2, -0.15) is 0 Å². The molecule has 2 rings (SSSR count). The van der Waals surface area contributed by atoms with Gasteiger partial charge >= 0.3 is 0 Å². The SMILES string of the molecule is CC1CCC(C(=O)N(CCO)c2ccccc2N)O1. The summed E-state index contributed by atoms with van der Waals surface area (Å²) in [5.41, 5.74) is 7.05. The van der Waals surface area contributed by atoms with Crippen LogP contribution in [0.1, 0.15) is 19.8 Å². The van der Waals surface area contributed by atoms with Gasteiger partial charge in [0.15, 0.2) is 0 Å². The number of hydrogen-bond donors (Lipinski definition) is 2. The number of carbonyl (C=O) groups is 1. The molecule has 3 N–H and O–H groups in total. The lowest BCUT2D eigenvalue weighted by Gasteiger charge is -2.26. The third-order valence-electron chi connectivity index (χ3n) is 3.32. The number of carbonyl (C=O) groups excluding carboxylic acids is 1. The molecule has 0 spiro atoms. The zero-order valence-electron chi connectivity index (χ0n) is 11.1. The second kappa shape index (κ2) is 6.04. The predicted molar refractivity (Wildman–Crippen MR) is 73.9 cm³/mol. The van der Waals surface area contributed by atoms with Crippen molar-refractivity contribution in [3.05, 3.63) is 24.3 Å². The maximum absolute atomic E-state index is 12.5. The monoisotopic (exact) mass is 264 g/mol. The van der Waals surface area contributed by atoms with Crippen molar-refractivity contribution < 1.29 is 14.6 Å². The van der Waals surface area contributed by atoms with Crippen LogP contribution < -0.4 is 10.6 Å². The van der Waals surface area contributed by atoms with E-state index in [9.17, 15) is 4.79 Å². The van der Waals surface area contributed by atoms with Gasteiger partial charge in [0.2, 0.25) is 0 Å². The summed E-state index contributed by atoms with van der Waals surface area (Å²) in [5, 5.41) is 9.16. The van der Waals surface area contributed by atoms with Gasteiger partial charge in [0, 0.05) is 6.54 Å². The standard InChI is InChI=1S/C14H20N2O3/c1-10-6-7-13(19-10)14(18)16(8-9-17)12-5-3-2-4-11(12)15/h2-5,10,13,17H,6-9,15H2,1H3. The lowest BCUT2D eigenvalue weighted by Crippen LogP contribution is -2.41. The van der Waals surface area contributed by atoms with Crippen molar-refractivity contribution in [2.75, 3.05) is 23.8 Å². The minimum atomic E-state index is -0.429. The third-order valence-corrected chi connectivity index (χ3v) is 3.32. The van der Waals surface area contributed by atoms with Crippen molar-refractivity contribution in [1.29, 1.82) is 0 Å². The summed E-state index contributed by atoms with van der Waals surface area (Å²) in [6, 6.07) is 7.16. The minimum Gasteiger partial charge on any atom is -0.397 e. The Kier molecular flexibility index (Phi) is 4.39. The molecule has 0 bridgehead atoms. The molecule has 0 saturated carbocycles. The van der Waals surface area contributed by atoms with Crippen LogP contribution >= 0.6 is 0 Å². The Labute approximate surface area is 113 Å². The maximum atomic E-state index is 12.5. The van der Waals surface area contributed by atoms with Gasteiger partial charge in [0.05, 0.1) is 24.1 Å². The second-order valence-electron chi connectivity index (χ2n) is 4.78. The molecule has 1 aliphatic heterocycles. The molecule has 1 amide bonds. The molecule has 2 atom stereocenters. The Balaban J connectivity index is 2.20. The zero-order chi connectivity index (χ0) is 13.8. The van der Waals surface area contributed by atoms with Crippen LogP contribution in [-0.4, -0.2) is 36.4 Å². The first-order valence-corrected chi connectivity index (χ1v) is 6.55. The highest BCUT2D eigenvalue weighted by Crippen LogP contribution is 2.27. The van der Waals surface area contributed by atoms with E-state index in [1.807, 2.05) is 19.1 Å². The fraction of sp³-hybridized carbons (Fsp3) is 0.500. The molecule has 0 aliphatic carbocycles. The van der Waals surface area contributed by atoms with Crippen molar-refractivity contribution in [2.24, 2.45) is 0 Å². The van der Waals surface area contributed by atoms with Crippen LogP contribution in [0.4, 0.5) is 11.4 Å². The first-order chi connectivity index (χ1) is 9.13. The summed E-state index contributed by atoms with van der Waals surface area (Å²) in [5.74, 6) is -0.128. The Hall–Kier alpha value is -1.59. The highest BCUT2D eigenvalue weighted by molar-refractivity contribution is 5.99. The van der Waals surface area contributed by atoms with Gasteiger partial charge in [-0.05, 0) is 31.9 Å². The fourth-order valence-electron chi connectivity index (χ4n) is 2.34. The van der Waals surface area contributed by atoms with E-state index >= 15 is 0 Å². The zero-order valence-corrected chi connectivity index (χ0v) is 11.1. The molecular formula is C14H20N2O3. The lowest BCUT2D eigenvalue weighted by molar-refractivity contribution is -0.129. The first kappa shape index (κ1) is 13.8. The number of aliphatic hydroxyl groups is 1. The second-order valence-corrected chi connectivity index (χ2v) is 4.78. The van der Waals surface area contributed by atoms with Gasteiger partial charge in [-0.1, -0.05) is 12.1 Å². The van der Waals surface area contributed by atoms with Gasteiger partial charge in [-0.3, -0.25) is 4.79 Å². The molecule has 19 heavy (non-hydrogen) atoms. The lowest BCUT2D eigenvalue weighted by atomic mass is 10.1. The number of ether oxygens (including phenoxy) is 1. The molecule has 1 aromatic carbocycles. The van der Waals surface area contributed by atoms with E-state index in [0.717, 1.165) is 6.42 Å². The largest absolute Gasteiger partial charge is 0.397 e. The Morgan fingerprint density at radius 3 is 2.79 bits per heavy atom. The quantitative estimate of drug-likeness (QED) is 0.800. The van der Waals surface area contributed by atoms with Crippen molar-refractivity contribution in [2.45, 2.75) is 32.0 Å². The molecule has 1 heterocycles. The van der Waals surface area contributed by atoms with E-state index in [-0.39, 0.29) is 25.2 Å². The molecule has 0 radical (unpaired) electrons. The van der Waals surface area contributed by atoms with Crippen LogP contribution in [0.25, 0.3) is 0 Å². The van der Waals surface area contributed by atoms with Gasteiger partial charge in [0.1, 0.15) is 6.10 Å². The van der Waals surface area contributed by atoms with Crippen LogP contribution in [0, 0.1) is 0 Å². The van der Waals surface area contributed by atoms with E-state index < -0.39 is 6.10 Å². The summed E-state index contributed by atoms with van der Waals surface area (Å²) in [4.78, 5) is 14.0. The van der Waals surface area contributed by atoms with Gasteiger partial charge in [0.25, 0.3) is 5.91 Å². The van der Waals surface area contributed by atoms with Crippen molar-refractivity contribution in [1.82, 2.24) is 0 Å². The summed E-state index contributed by atoms with van der Waals surface area (Å²) in [7, 11) is 0. The molecule has 1 aromatic rings. The number of aliphatic hydroxyl groups excluding tert-OH is 1. The minimum absolute atomic E-state index is 0.109. The molecule has 5 nitrogen and oxygen atoms in total. The third kappa shape index (κ3) is 3.05. The number of benzene rings is 1. The Morgan fingerprint density at radius 1 is 1.47 bits per heavy atom. The van der Waals surface area contributed by atoms with E-state index in [2.05, 4.69) is 0 Å². The van der Waals surface area contributed by atoms with Crippen LogP contribution in [0.2, 0.25) is 0 Å². The molecule has 1 saturated heterocycles. The Bertz CT molecular complexity index is 450. The summed E-state index contributed by atoms with van der Waals surface area (Å²) in [6.07, 6.45) is 1.28. The average molecular weight is 264 g/mol. The summed E-state index contributed by atoms with van der Waals surface area (Å²) >= 11 is 0. The van der Waals surface area contributed by atoms with Crippen LogP contribution in [0.5, 0.6) is 0 Å². The average Bonchev–Trinajstić information content (AvgIpc) is 2.83. The van der Waals surface area contributed by atoms with E-state index in [1.54, 1.807) is 12.1 Å². The number of anilines is 2. The number of hydrogen-bond acceptors (Lipinski definition) is 4. The smallest absolute Gasteiger partial charge is 0.256 e.